The smallest absolute Gasteiger partial charge is 0.155 e. The number of rotatable bonds is 5. The molecular formula is C16H16F2N4O2. The molecule has 24 heavy (non-hydrogen) atoms. The third-order valence-electron chi connectivity index (χ3n) is 3.41. The number of pyridine rings is 1. The number of azide groups is 1. The Morgan fingerprint density at radius 1 is 1.29 bits per heavy atom. The van der Waals surface area contributed by atoms with Gasteiger partial charge in [0.1, 0.15) is 17.6 Å². The Balaban J connectivity index is 2.64. The van der Waals surface area contributed by atoms with E-state index in [1.807, 2.05) is 0 Å². The normalized spacial score (nSPS) is 12.6. The molecule has 1 aromatic carbocycles. The van der Waals surface area contributed by atoms with E-state index in [9.17, 15) is 19.0 Å². The zero-order chi connectivity index (χ0) is 17.9. The van der Waals surface area contributed by atoms with Gasteiger partial charge in [-0.3, -0.25) is 0 Å². The van der Waals surface area contributed by atoms with Gasteiger partial charge in [0.25, 0.3) is 0 Å². The molecular weight excluding hydrogens is 318 g/mol. The summed E-state index contributed by atoms with van der Waals surface area (Å²) in [6, 6.07) is 6.23. The van der Waals surface area contributed by atoms with Gasteiger partial charge in [0.05, 0.1) is 17.8 Å². The van der Waals surface area contributed by atoms with Crippen molar-refractivity contribution in [3.05, 3.63) is 63.7 Å². The molecule has 0 bridgehead atoms. The Morgan fingerprint density at radius 2 is 1.92 bits per heavy atom. The summed E-state index contributed by atoms with van der Waals surface area (Å²) in [7, 11) is 0. The summed E-state index contributed by atoms with van der Waals surface area (Å²) in [5, 5.41) is 23.5. The first-order valence-corrected chi connectivity index (χ1v) is 7.12. The van der Waals surface area contributed by atoms with Crippen molar-refractivity contribution in [1.29, 1.82) is 0 Å². The molecule has 1 atom stereocenters. The fourth-order valence-corrected chi connectivity index (χ4v) is 2.17. The lowest BCUT2D eigenvalue weighted by Crippen LogP contribution is -2.20. The Morgan fingerprint density at radius 3 is 2.46 bits per heavy atom. The van der Waals surface area contributed by atoms with E-state index in [0.29, 0.717) is 0 Å². The second-order valence-corrected chi connectivity index (χ2v) is 5.75. The molecule has 0 fully saturated rings. The molecule has 126 valence electrons. The summed E-state index contributed by atoms with van der Waals surface area (Å²) in [6.07, 6.45) is -1.26. The molecule has 2 rings (SSSR count). The van der Waals surface area contributed by atoms with Crippen molar-refractivity contribution in [1.82, 2.24) is 4.98 Å². The van der Waals surface area contributed by atoms with Crippen LogP contribution in [0.2, 0.25) is 0 Å². The minimum atomic E-state index is -1.53. The summed E-state index contributed by atoms with van der Waals surface area (Å²) in [6.45, 7) is 2.50. The SMILES string of the molecule is CC(C)(O)c1cc(C(O)CN=[N+]=[N-])nc(-c2ccc(F)cc2)c1F. The van der Waals surface area contributed by atoms with Crippen LogP contribution in [0.15, 0.2) is 35.4 Å². The van der Waals surface area contributed by atoms with Gasteiger partial charge in [-0.25, -0.2) is 13.8 Å². The Kier molecular flexibility index (Phi) is 5.14. The Bertz CT molecular complexity index is 782. The fourth-order valence-electron chi connectivity index (χ4n) is 2.17. The summed E-state index contributed by atoms with van der Waals surface area (Å²) < 4.78 is 27.8. The number of benzene rings is 1. The summed E-state index contributed by atoms with van der Waals surface area (Å²) >= 11 is 0. The molecule has 1 unspecified atom stereocenters. The van der Waals surface area contributed by atoms with E-state index in [4.69, 9.17) is 5.53 Å². The molecule has 0 aliphatic carbocycles. The number of aliphatic hydroxyl groups is 2. The molecule has 8 heteroatoms. The summed E-state index contributed by atoms with van der Waals surface area (Å²) in [4.78, 5) is 6.61. The van der Waals surface area contributed by atoms with Gasteiger partial charge in [-0.15, -0.1) is 0 Å². The first-order valence-electron chi connectivity index (χ1n) is 7.12. The first-order chi connectivity index (χ1) is 11.2. The first kappa shape index (κ1) is 17.8. The van der Waals surface area contributed by atoms with Gasteiger partial charge in [0.15, 0.2) is 5.82 Å². The van der Waals surface area contributed by atoms with Gasteiger partial charge < -0.3 is 10.2 Å². The van der Waals surface area contributed by atoms with E-state index in [1.54, 1.807) is 0 Å². The van der Waals surface area contributed by atoms with Crippen LogP contribution in [0.3, 0.4) is 0 Å². The quantitative estimate of drug-likeness (QED) is 0.496. The van der Waals surface area contributed by atoms with Gasteiger partial charge in [-0.2, -0.15) is 0 Å². The topological polar surface area (TPSA) is 102 Å². The molecule has 0 amide bonds. The molecule has 1 heterocycles. The molecule has 2 aromatic rings. The lowest BCUT2D eigenvalue weighted by atomic mass is 9.94. The standard InChI is InChI=1S/C16H16F2N4O2/c1-16(2,24)11-7-12(13(23)8-20-22-19)21-15(14(11)18)9-3-5-10(17)6-4-9/h3-7,13,23-24H,8H2,1-2H3. The highest BCUT2D eigenvalue weighted by Gasteiger charge is 2.26. The summed E-state index contributed by atoms with van der Waals surface area (Å²) in [5.41, 5.74) is 6.93. The molecule has 0 saturated carbocycles. The average molecular weight is 334 g/mol. The highest BCUT2D eigenvalue weighted by atomic mass is 19.1. The van der Waals surface area contributed by atoms with E-state index in [-0.39, 0.29) is 29.1 Å². The van der Waals surface area contributed by atoms with Crippen molar-refractivity contribution in [3.8, 4) is 11.3 Å². The number of hydrogen-bond acceptors (Lipinski definition) is 4. The van der Waals surface area contributed by atoms with Crippen LogP contribution in [0.5, 0.6) is 0 Å². The maximum Gasteiger partial charge on any atom is 0.155 e. The molecule has 0 radical (unpaired) electrons. The number of aromatic nitrogens is 1. The molecule has 6 nitrogen and oxygen atoms in total. The molecule has 1 aromatic heterocycles. The second kappa shape index (κ2) is 6.92. The number of nitrogens with zero attached hydrogens (tertiary/aromatic N) is 4. The lowest BCUT2D eigenvalue weighted by Gasteiger charge is -2.22. The Hall–Kier alpha value is -2.54. The van der Waals surface area contributed by atoms with E-state index < -0.39 is 23.3 Å². The van der Waals surface area contributed by atoms with E-state index in [0.717, 1.165) is 12.1 Å². The van der Waals surface area contributed by atoms with Gasteiger partial charge in [0, 0.05) is 16.0 Å². The van der Waals surface area contributed by atoms with Crippen LogP contribution in [0.1, 0.15) is 31.2 Å². The minimum Gasteiger partial charge on any atom is -0.387 e. The third kappa shape index (κ3) is 3.86. The highest BCUT2D eigenvalue weighted by Crippen LogP contribution is 2.32. The molecule has 2 N–H and O–H groups in total. The van der Waals surface area contributed by atoms with Crippen LogP contribution < -0.4 is 0 Å². The van der Waals surface area contributed by atoms with E-state index in [1.165, 1.54) is 32.0 Å². The maximum absolute atomic E-state index is 14.8. The van der Waals surface area contributed by atoms with Crippen LogP contribution >= 0.6 is 0 Å². The van der Waals surface area contributed by atoms with Crippen LogP contribution in [0, 0.1) is 11.6 Å². The van der Waals surface area contributed by atoms with Crippen molar-refractivity contribution in [3.63, 3.8) is 0 Å². The monoisotopic (exact) mass is 334 g/mol. The number of halogens is 2. The largest absolute Gasteiger partial charge is 0.387 e. The molecule has 0 aliphatic heterocycles. The van der Waals surface area contributed by atoms with Crippen LogP contribution in [0.4, 0.5) is 8.78 Å². The maximum atomic E-state index is 14.8. The van der Waals surface area contributed by atoms with Gasteiger partial charge in [-0.05, 0) is 49.7 Å². The minimum absolute atomic E-state index is 0.0419. The molecule has 0 saturated heterocycles. The van der Waals surface area contributed by atoms with Gasteiger partial charge in [-0.1, -0.05) is 5.11 Å². The van der Waals surface area contributed by atoms with Gasteiger partial charge >= 0.3 is 0 Å². The highest BCUT2D eigenvalue weighted by molar-refractivity contribution is 5.61. The number of aliphatic hydroxyl groups excluding tert-OH is 1. The predicted octanol–water partition coefficient (Wildman–Crippen LogP) is 3.60. The molecule has 0 spiro atoms. The predicted molar refractivity (Wildman–Crippen MR) is 83.8 cm³/mol. The van der Waals surface area contributed by atoms with Crippen molar-refractivity contribution in [2.24, 2.45) is 5.11 Å². The number of hydrogen-bond donors (Lipinski definition) is 2. The van der Waals surface area contributed by atoms with Crippen molar-refractivity contribution < 1.29 is 19.0 Å². The van der Waals surface area contributed by atoms with Crippen LogP contribution in [0.25, 0.3) is 21.7 Å². The third-order valence-corrected chi connectivity index (χ3v) is 3.41. The zero-order valence-electron chi connectivity index (χ0n) is 13.1. The van der Waals surface area contributed by atoms with Crippen molar-refractivity contribution in [2.75, 3.05) is 6.54 Å². The average Bonchev–Trinajstić information content (AvgIpc) is 2.52. The summed E-state index contributed by atoms with van der Waals surface area (Å²) in [5.74, 6) is -1.25. The Labute approximate surface area is 137 Å². The van der Waals surface area contributed by atoms with Crippen LogP contribution in [-0.4, -0.2) is 21.7 Å². The van der Waals surface area contributed by atoms with E-state index >= 15 is 0 Å². The molecule has 0 aliphatic rings. The zero-order valence-corrected chi connectivity index (χ0v) is 13.1. The van der Waals surface area contributed by atoms with E-state index in [2.05, 4.69) is 15.0 Å². The lowest BCUT2D eigenvalue weighted by molar-refractivity contribution is 0.0739. The van der Waals surface area contributed by atoms with Gasteiger partial charge in [0.2, 0.25) is 0 Å². The van der Waals surface area contributed by atoms with Crippen LogP contribution in [-0.2, 0) is 5.60 Å². The van der Waals surface area contributed by atoms with Crippen molar-refractivity contribution >= 4 is 0 Å². The van der Waals surface area contributed by atoms with Crippen molar-refractivity contribution in [2.45, 2.75) is 25.6 Å². The fraction of sp³-hybridized carbons (Fsp3) is 0.312. The second-order valence-electron chi connectivity index (χ2n) is 5.75.